The van der Waals surface area contributed by atoms with E-state index in [1.54, 1.807) is 0 Å². The SMILES string of the molecule is CN1CCC2(CC1)OC(c1ccccc1)c1ccccc12. The summed E-state index contributed by atoms with van der Waals surface area (Å²) in [6.07, 6.45) is 2.26. The Hall–Kier alpha value is -1.64. The van der Waals surface area contributed by atoms with Gasteiger partial charge in [-0.2, -0.15) is 0 Å². The van der Waals surface area contributed by atoms with E-state index < -0.39 is 0 Å². The van der Waals surface area contributed by atoms with Gasteiger partial charge in [-0.15, -0.1) is 0 Å². The third-order valence-electron chi connectivity index (χ3n) is 4.97. The number of nitrogens with zero attached hydrogens (tertiary/aromatic N) is 1. The van der Waals surface area contributed by atoms with Crippen molar-refractivity contribution in [2.24, 2.45) is 0 Å². The molecule has 2 aromatic rings. The topological polar surface area (TPSA) is 12.5 Å². The molecule has 0 saturated carbocycles. The van der Waals surface area contributed by atoms with E-state index in [4.69, 9.17) is 4.74 Å². The van der Waals surface area contributed by atoms with Gasteiger partial charge in [-0.25, -0.2) is 0 Å². The highest BCUT2D eigenvalue weighted by molar-refractivity contribution is 5.43. The van der Waals surface area contributed by atoms with Crippen molar-refractivity contribution in [3.63, 3.8) is 0 Å². The second-order valence-electron chi connectivity index (χ2n) is 6.29. The summed E-state index contributed by atoms with van der Waals surface area (Å²) in [7, 11) is 2.20. The van der Waals surface area contributed by atoms with E-state index >= 15 is 0 Å². The molecule has 1 unspecified atom stereocenters. The molecule has 0 bridgehead atoms. The van der Waals surface area contributed by atoms with E-state index in [9.17, 15) is 0 Å². The Morgan fingerprint density at radius 2 is 1.62 bits per heavy atom. The van der Waals surface area contributed by atoms with E-state index in [-0.39, 0.29) is 11.7 Å². The third kappa shape index (κ3) is 2.10. The molecule has 2 heterocycles. The Kier molecular flexibility index (Phi) is 3.09. The quantitative estimate of drug-likeness (QED) is 0.788. The summed E-state index contributed by atoms with van der Waals surface area (Å²) in [4.78, 5) is 2.40. The average Bonchev–Trinajstić information content (AvgIpc) is 2.87. The lowest BCUT2D eigenvalue weighted by Gasteiger charge is -2.38. The molecule has 1 atom stereocenters. The Bertz CT molecular complexity index is 629. The standard InChI is InChI=1S/C19H21NO/c1-20-13-11-19(12-14-20)17-10-6-5-9-16(17)18(21-19)15-7-3-2-4-8-15/h2-10,18H,11-14H2,1H3. The molecule has 1 fully saturated rings. The maximum absolute atomic E-state index is 6.67. The molecule has 108 valence electrons. The molecule has 0 N–H and O–H groups in total. The number of hydrogen-bond donors (Lipinski definition) is 0. The summed E-state index contributed by atoms with van der Waals surface area (Å²) in [5, 5.41) is 0. The van der Waals surface area contributed by atoms with Gasteiger partial charge in [0.1, 0.15) is 6.10 Å². The summed E-state index contributed by atoms with van der Waals surface area (Å²) in [5.41, 5.74) is 3.95. The van der Waals surface area contributed by atoms with Gasteiger partial charge < -0.3 is 9.64 Å². The van der Waals surface area contributed by atoms with Crippen LogP contribution in [0.15, 0.2) is 54.6 Å². The number of ether oxygens (including phenoxy) is 1. The monoisotopic (exact) mass is 279 g/mol. The van der Waals surface area contributed by atoms with E-state index in [0.29, 0.717) is 0 Å². The molecular weight excluding hydrogens is 258 g/mol. The van der Waals surface area contributed by atoms with Crippen molar-refractivity contribution in [3.8, 4) is 0 Å². The van der Waals surface area contributed by atoms with Crippen LogP contribution in [0.3, 0.4) is 0 Å². The van der Waals surface area contributed by atoms with Crippen LogP contribution in [-0.2, 0) is 10.3 Å². The second kappa shape index (κ2) is 4.97. The lowest BCUT2D eigenvalue weighted by molar-refractivity contribution is -0.0941. The first-order chi connectivity index (χ1) is 10.3. The van der Waals surface area contributed by atoms with E-state index in [1.165, 1.54) is 16.7 Å². The van der Waals surface area contributed by atoms with Crippen molar-refractivity contribution in [3.05, 3.63) is 71.3 Å². The first kappa shape index (κ1) is 13.1. The van der Waals surface area contributed by atoms with E-state index in [1.807, 2.05) is 0 Å². The fourth-order valence-electron chi connectivity index (χ4n) is 3.74. The van der Waals surface area contributed by atoms with E-state index in [0.717, 1.165) is 25.9 Å². The molecule has 4 rings (SSSR count). The third-order valence-corrected chi connectivity index (χ3v) is 4.97. The Labute approximate surface area is 126 Å². The molecular formula is C19H21NO. The molecule has 2 heteroatoms. The smallest absolute Gasteiger partial charge is 0.109 e. The molecule has 2 aromatic carbocycles. The van der Waals surface area contributed by atoms with Crippen molar-refractivity contribution in [2.45, 2.75) is 24.5 Å². The Morgan fingerprint density at radius 3 is 2.38 bits per heavy atom. The van der Waals surface area contributed by atoms with Crippen LogP contribution in [0.25, 0.3) is 0 Å². The number of fused-ring (bicyclic) bond motifs is 2. The molecule has 0 amide bonds. The number of piperidine rings is 1. The van der Waals surface area contributed by atoms with Gasteiger partial charge in [-0.05, 0) is 36.6 Å². The highest BCUT2D eigenvalue weighted by Crippen LogP contribution is 2.51. The van der Waals surface area contributed by atoms with Crippen molar-refractivity contribution in [1.82, 2.24) is 4.90 Å². The minimum atomic E-state index is -0.0798. The molecule has 2 aliphatic rings. The molecule has 0 aromatic heterocycles. The maximum atomic E-state index is 6.67. The zero-order valence-corrected chi connectivity index (χ0v) is 12.5. The van der Waals surface area contributed by atoms with Gasteiger partial charge in [0.15, 0.2) is 0 Å². The lowest BCUT2D eigenvalue weighted by atomic mass is 9.83. The fraction of sp³-hybridized carbons (Fsp3) is 0.368. The summed E-state index contributed by atoms with van der Waals surface area (Å²) >= 11 is 0. The van der Waals surface area contributed by atoms with E-state index in [2.05, 4.69) is 66.5 Å². The summed E-state index contributed by atoms with van der Waals surface area (Å²) in [6.45, 7) is 2.21. The molecule has 1 spiro atoms. The van der Waals surface area contributed by atoms with Gasteiger partial charge >= 0.3 is 0 Å². The highest BCUT2D eigenvalue weighted by atomic mass is 16.5. The van der Waals surface area contributed by atoms with Crippen molar-refractivity contribution >= 4 is 0 Å². The number of rotatable bonds is 1. The molecule has 0 aliphatic carbocycles. The average molecular weight is 279 g/mol. The number of likely N-dealkylation sites (tertiary alicyclic amines) is 1. The minimum Gasteiger partial charge on any atom is -0.358 e. The van der Waals surface area contributed by atoms with Crippen LogP contribution < -0.4 is 0 Å². The van der Waals surface area contributed by atoms with Crippen LogP contribution in [0.4, 0.5) is 0 Å². The fourth-order valence-corrected chi connectivity index (χ4v) is 3.74. The van der Waals surface area contributed by atoms with Crippen LogP contribution >= 0.6 is 0 Å². The van der Waals surface area contributed by atoms with Gasteiger partial charge in [0.2, 0.25) is 0 Å². The minimum absolute atomic E-state index is 0.0798. The second-order valence-corrected chi connectivity index (χ2v) is 6.29. The zero-order valence-electron chi connectivity index (χ0n) is 12.5. The van der Waals surface area contributed by atoms with Crippen LogP contribution in [-0.4, -0.2) is 25.0 Å². The summed E-state index contributed by atoms with van der Waals surface area (Å²) in [6, 6.07) is 19.4. The maximum Gasteiger partial charge on any atom is 0.109 e. The van der Waals surface area contributed by atoms with Crippen LogP contribution in [0.2, 0.25) is 0 Å². The molecule has 2 aliphatic heterocycles. The van der Waals surface area contributed by atoms with Crippen molar-refractivity contribution < 1.29 is 4.74 Å². The van der Waals surface area contributed by atoms with Crippen molar-refractivity contribution in [2.75, 3.05) is 20.1 Å². The Balaban J connectivity index is 1.77. The predicted octanol–water partition coefficient (Wildman–Crippen LogP) is 3.73. The van der Waals surface area contributed by atoms with Gasteiger partial charge in [0.25, 0.3) is 0 Å². The highest BCUT2D eigenvalue weighted by Gasteiger charge is 2.46. The number of hydrogen-bond acceptors (Lipinski definition) is 2. The van der Waals surface area contributed by atoms with Gasteiger partial charge in [0, 0.05) is 13.1 Å². The van der Waals surface area contributed by atoms with Gasteiger partial charge in [-0.1, -0.05) is 54.6 Å². The first-order valence-electron chi connectivity index (χ1n) is 7.79. The molecule has 2 nitrogen and oxygen atoms in total. The normalized spacial score (nSPS) is 24.1. The van der Waals surface area contributed by atoms with Gasteiger partial charge in [-0.3, -0.25) is 0 Å². The van der Waals surface area contributed by atoms with Gasteiger partial charge in [0.05, 0.1) is 5.60 Å². The van der Waals surface area contributed by atoms with Crippen LogP contribution in [0, 0.1) is 0 Å². The predicted molar refractivity (Wildman–Crippen MR) is 84.2 cm³/mol. The number of benzene rings is 2. The lowest BCUT2D eigenvalue weighted by Crippen LogP contribution is -2.40. The first-order valence-corrected chi connectivity index (χ1v) is 7.79. The zero-order chi connectivity index (χ0) is 14.3. The largest absolute Gasteiger partial charge is 0.358 e. The summed E-state index contributed by atoms with van der Waals surface area (Å²) in [5.74, 6) is 0. The summed E-state index contributed by atoms with van der Waals surface area (Å²) < 4.78 is 6.67. The van der Waals surface area contributed by atoms with Crippen LogP contribution in [0.1, 0.15) is 35.6 Å². The molecule has 0 radical (unpaired) electrons. The molecule has 1 saturated heterocycles. The van der Waals surface area contributed by atoms with Crippen molar-refractivity contribution in [1.29, 1.82) is 0 Å². The Morgan fingerprint density at radius 1 is 0.952 bits per heavy atom. The van der Waals surface area contributed by atoms with Crippen LogP contribution in [0.5, 0.6) is 0 Å². The molecule has 21 heavy (non-hydrogen) atoms.